The standard InChI is InChI=1S/C16H22N2O2/c1-18(20-2)16(19)14-10-6-7-11-15(14)17-12-13-8-4-3-5-9-13/h3-5,8-10,15,17H,6-7,11-12H2,1-2H3/t15-/m0/s1. The van der Waals surface area contributed by atoms with Gasteiger partial charge in [0.05, 0.1) is 7.11 Å². The Morgan fingerprint density at radius 1 is 1.40 bits per heavy atom. The highest BCUT2D eigenvalue weighted by Crippen LogP contribution is 2.20. The third-order valence-electron chi connectivity index (χ3n) is 3.64. The minimum atomic E-state index is -0.0576. The highest BCUT2D eigenvalue weighted by Gasteiger charge is 2.25. The lowest BCUT2D eigenvalue weighted by Gasteiger charge is -2.27. The summed E-state index contributed by atoms with van der Waals surface area (Å²) in [6.45, 7) is 0.771. The van der Waals surface area contributed by atoms with Gasteiger partial charge in [-0.15, -0.1) is 0 Å². The van der Waals surface area contributed by atoms with Crippen molar-refractivity contribution < 1.29 is 9.63 Å². The zero-order valence-corrected chi connectivity index (χ0v) is 12.1. The quantitative estimate of drug-likeness (QED) is 0.838. The molecule has 108 valence electrons. The number of nitrogens with zero attached hydrogens (tertiary/aromatic N) is 1. The number of hydroxylamine groups is 2. The van der Waals surface area contributed by atoms with Crippen molar-refractivity contribution >= 4 is 5.91 Å². The summed E-state index contributed by atoms with van der Waals surface area (Å²) >= 11 is 0. The zero-order valence-electron chi connectivity index (χ0n) is 12.1. The highest BCUT2D eigenvalue weighted by atomic mass is 16.7. The van der Waals surface area contributed by atoms with E-state index in [4.69, 9.17) is 4.84 Å². The molecule has 1 aromatic rings. The first-order valence-electron chi connectivity index (χ1n) is 7.02. The van der Waals surface area contributed by atoms with Crippen LogP contribution in [0.25, 0.3) is 0 Å². The Labute approximate surface area is 120 Å². The molecule has 1 N–H and O–H groups in total. The lowest BCUT2D eigenvalue weighted by Crippen LogP contribution is -2.39. The third kappa shape index (κ3) is 3.68. The molecule has 0 fully saturated rings. The highest BCUT2D eigenvalue weighted by molar-refractivity contribution is 5.93. The number of nitrogens with one attached hydrogen (secondary N) is 1. The monoisotopic (exact) mass is 274 g/mol. The number of amides is 1. The fourth-order valence-electron chi connectivity index (χ4n) is 2.43. The zero-order chi connectivity index (χ0) is 14.4. The number of hydrogen-bond donors (Lipinski definition) is 1. The first-order valence-corrected chi connectivity index (χ1v) is 7.02. The summed E-state index contributed by atoms with van der Waals surface area (Å²) < 4.78 is 0. The van der Waals surface area contributed by atoms with Crippen LogP contribution in [-0.4, -0.2) is 31.2 Å². The molecule has 0 unspecified atom stereocenters. The van der Waals surface area contributed by atoms with Crippen molar-refractivity contribution in [3.8, 4) is 0 Å². The van der Waals surface area contributed by atoms with E-state index in [9.17, 15) is 4.79 Å². The van der Waals surface area contributed by atoms with Gasteiger partial charge in [-0.3, -0.25) is 9.63 Å². The molecule has 0 saturated heterocycles. The molecule has 0 radical (unpaired) electrons. The van der Waals surface area contributed by atoms with E-state index in [1.807, 2.05) is 24.3 Å². The summed E-state index contributed by atoms with van der Waals surface area (Å²) in [4.78, 5) is 17.2. The van der Waals surface area contributed by atoms with Gasteiger partial charge in [0.2, 0.25) is 0 Å². The Hall–Kier alpha value is -1.65. The van der Waals surface area contributed by atoms with Crippen LogP contribution in [0.15, 0.2) is 42.0 Å². The van der Waals surface area contributed by atoms with E-state index < -0.39 is 0 Å². The Bertz CT molecular complexity index is 471. The van der Waals surface area contributed by atoms with E-state index in [1.54, 1.807) is 7.05 Å². The first kappa shape index (κ1) is 14.8. The van der Waals surface area contributed by atoms with Gasteiger partial charge in [-0.1, -0.05) is 36.4 Å². The van der Waals surface area contributed by atoms with Gasteiger partial charge in [0.25, 0.3) is 5.91 Å². The molecular weight excluding hydrogens is 252 g/mol. The predicted molar refractivity (Wildman–Crippen MR) is 78.8 cm³/mol. The van der Waals surface area contributed by atoms with Crippen LogP contribution >= 0.6 is 0 Å². The molecule has 1 amide bonds. The summed E-state index contributed by atoms with van der Waals surface area (Å²) in [6, 6.07) is 10.3. The van der Waals surface area contributed by atoms with Crippen molar-refractivity contribution in [1.82, 2.24) is 10.4 Å². The molecular formula is C16H22N2O2. The maximum absolute atomic E-state index is 12.2. The van der Waals surface area contributed by atoms with Gasteiger partial charge in [0.1, 0.15) is 0 Å². The third-order valence-corrected chi connectivity index (χ3v) is 3.64. The van der Waals surface area contributed by atoms with Gasteiger partial charge in [0, 0.05) is 25.2 Å². The second-order valence-corrected chi connectivity index (χ2v) is 4.99. The van der Waals surface area contributed by atoms with Gasteiger partial charge >= 0.3 is 0 Å². The largest absolute Gasteiger partial charge is 0.306 e. The normalized spacial score (nSPS) is 18.5. The second-order valence-electron chi connectivity index (χ2n) is 4.99. The molecule has 1 aromatic carbocycles. The van der Waals surface area contributed by atoms with Gasteiger partial charge in [-0.2, -0.15) is 0 Å². The maximum atomic E-state index is 12.2. The fourth-order valence-corrected chi connectivity index (χ4v) is 2.43. The molecule has 0 aromatic heterocycles. The van der Waals surface area contributed by atoms with Crippen LogP contribution < -0.4 is 5.32 Å². The van der Waals surface area contributed by atoms with E-state index >= 15 is 0 Å². The Balaban J connectivity index is 2.00. The van der Waals surface area contributed by atoms with Crippen molar-refractivity contribution in [3.63, 3.8) is 0 Å². The molecule has 0 spiro atoms. The lowest BCUT2D eigenvalue weighted by molar-refractivity contribution is -0.164. The SMILES string of the molecule is CON(C)C(=O)C1=CCCC[C@@H]1NCc1ccccc1. The summed E-state index contributed by atoms with van der Waals surface area (Å²) in [5, 5.41) is 4.76. The minimum absolute atomic E-state index is 0.0576. The van der Waals surface area contributed by atoms with E-state index in [-0.39, 0.29) is 11.9 Å². The number of hydrogen-bond acceptors (Lipinski definition) is 3. The lowest BCUT2D eigenvalue weighted by atomic mass is 9.93. The topological polar surface area (TPSA) is 41.6 Å². The predicted octanol–water partition coefficient (Wildman–Crippen LogP) is 2.27. The number of carbonyl (C=O) groups excluding carboxylic acids is 1. The summed E-state index contributed by atoms with van der Waals surface area (Å²) in [7, 11) is 3.15. The van der Waals surface area contributed by atoms with Crippen LogP contribution in [0.2, 0.25) is 0 Å². The average Bonchev–Trinajstić information content (AvgIpc) is 2.52. The molecule has 4 heteroatoms. The van der Waals surface area contributed by atoms with E-state index in [0.717, 1.165) is 31.4 Å². The van der Waals surface area contributed by atoms with Crippen molar-refractivity contribution in [2.24, 2.45) is 0 Å². The van der Waals surface area contributed by atoms with Crippen molar-refractivity contribution in [1.29, 1.82) is 0 Å². The van der Waals surface area contributed by atoms with Crippen molar-refractivity contribution in [2.45, 2.75) is 31.8 Å². The van der Waals surface area contributed by atoms with Gasteiger partial charge in [-0.25, -0.2) is 5.06 Å². The molecule has 4 nitrogen and oxygen atoms in total. The second kappa shape index (κ2) is 7.22. The Morgan fingerprint density at radius 2 is 2.15 bits per heavy atom. The molecule has 0 heterocycles. The van der Waals surface area contributed by atoms with Gasteiger partial charge < -0.3 is 5.32 Å². The van der Waals surface area contributed by atoms with Crippen LogP contribution in [0.4, 0.5) is 0 Å². The first-order chi connectivity index (χ1) is 9.72. The Kier molecular flexibility index (Phi) is 5.32. The molecule has 0 bridgehead atoms. The van der Waals surface area contributed by atoms with Crippen LogP contribution in [0.1, 0.15) is 24.8 Å². The van der Waals surface area contributed by atoms with Crippen LogP contribution in [-0.2, 0) is 16.2 Å². The van der Waals surface area contributed by atoms with Crippen LogP contribution in [0.5, 0.6) is 0 Å². The smallest absolute Gasteiger partial charge is 0.274 e. The van der Waals surface area contributed by atoms with Crippen LogP contribution in [0, 0.1) is 0 Å². The number of allylic oxidation sites excluding steroid dienone is 1. The van der Waals surface area contributed by atoms with E-state index in [1.165, 1.54) is 17.7 Å². The number of benzene rings is 1. The number of carbonyl (C=O) groups is 1. The van der Waals surface area contributed by atoms with Gasteiger partial charge in [0.15, 0.2) is 0 Å². The maximum Gasteiger partial charge on any atom is 0.274 e. The average molecular weight is 274 g/mol. The number of rotatable bonds is 5. The summed E-state index contributed by atoms with van der Waals surface area (Å²) in [5.74, 6) is -0.0576. The molecule has 1 atom stereocenters. The van der Waals surface area contributed by atoms with Crippen molar-refractivity contribution in [3.05, 3.63) is 47.5 Å². The van der Waals surface area contributed by atoms with E-state index in [2.05, 4.69) is 17.4 Å². The molecule has 1 aliphatic carbocycles. The van der Waals surface area contributed by atoms with Crippen LogP contribution in [0.3, 0.4) is 0 Å². The molecule has 0 saturated carbocycles. The minimum Gasteiger partial charge on any atom is -0.306 e. The molecule has 1 aliphatic rings. The Morgan fingerprint density at radius 3 is 2.85 bits per heavy atom. The fraction of sp³-hybridized carbons (Fsp3) is 0.438. The number of likely N-dealkylation sites (N-methyl/N-ethyl adjacent to an activating group) is 1. The molecule has 20 heavy (non-hydrogen) atoms. The van der Waals surface area contributed by atoms with Crippen molar-refractivity contribution in [2.75, 3.05) is 14.2 Å². The van der Waals surface area contributed by atoms with E-state index in [0.29, 0.717) is 0 Å². The summed E-state index contributed by atoms with van der Waals surface area (Å²) in [5.41, 5.74) is 2.04. The van der Waals surface area contributed by atoms with Gasteiger partial charge in [-0.05, 0) is 24.8 Å². The molecule has 2 rings (SSSR count). The summed E-state index contributed by atoms with van der Waals surface area (Å²) in [6.07, 6.45) is 5.09. The molecule has 0 aliphatic heterocycles.